The van der Waals surface area contributed by atoms with Crippen LogP contribution in [0.25, 0.3) is 0 Å². The highest BCUT2D eigenvalue weighted by Gasteiger charge is 2.52. The molecule has 8 heteroatoms. The average Bonchev–Trinajstić information content (AvgIpc) is 3.02. The van der Waals surface area contributed by atoms with Gasteiger partial charge < -0.3 is 16.0 Å². The molecular weight excluding hydrogens is 420 g/mol. The lowest BCUT2D eigenvalue weighted by Crippen LogP contribution is -2.49. The highest BCUT2D eigenvalue weighted by molar-refractivity contribution is 6.10. The SMILES string of the molecule is Cc1cc(C(=O)NC2CCCCC2)ccc1NC(=O)CN1C(=O)NC2(CCC(C)CC2)C1=O. The molecule has 0 unspecified atom stereocenters. The van der Waals surface area contributed by atoms with Crippen LogP contribution in [-0.2, 0) is 9.59 Å². The van der Waals surface area contributed by atoms with Crippen molar-refractivity contribution in [2.45, 2.75) is 83.2 Å². The van der Waals surface area contributed by atoms with Gasteiger partial charge in [0.2, 0.25) is 5.91 Å². The number of carbonyl (C=O) groups excluding carboxylic acids is 4. The number of hydrogen-bond donors (Lipinski definition) is 3. The standard InChI is InChI=1S/C25H34N4O4/c1-16-10-12-25(13-11-16)23(32)29(24(33)28-25)15-21(30)27-20-9-8-18(14-17(20)2)22(31)26-19-6-4-3-5-7-19/h8-9,14,16,19H,3-7,10-13,15H2,1-2H3,(H,26,31)(H,27,30)(H,28,33). The van der Waals surface area contributed by atoms with E-state index in [9.17, 15) is 19.2 Å². The van der Waals surface area contributed by atoms with Crippen LogP contribution in [0, 0.1) is 12.8 Å². The average molecular weight is 455 g/mol. The molecule has 1 heterocycles. The zero-order valence-corrected chi connectivity index (χ0v) is 19.5. The predicted octanol–water partition coefficient (Wildman–Crippen LogP) is 3.50. The Morgan fingerprint density at radius 1 is 1.09 bits per heavy atom. The van der Waals surface area contributed by atoms with Gasteiger partial charge in [0.15, 0.2) is 0 Å². The van der Waals surface area contributed by atoms with E-state index >= 15 is 0 Å². The minimum atomic E-state index is -0.854. The van der Waals surface area contributed by atoms with Gasteiger partial charge in [-0.1, -0.05) is 26.2 Å². The molecular formula is C25H34N4O4. The maximum absolute atomic E-state index is 13.0. The molecule has 4 rings (SSSR count). The Labute approximate surface area is 194 Å². The van der Waals surface area contributed by atoms with Crippen LogP contribution in [0.1, 0.15) is 80.6 Å². The van der Waals surface area contributed by atoms with Crippen molar-refractivity contribution in [1.29, 1.82) is 0 Å². The molecule has 33 heavy (non-hydrogen) atoms. The lowest BCUT2D eigenvalue weighted by atomic mass is 9.77. The number of rotatable bonds is 5. The molecule has 0 atom stereocenters. The molecule has 1 saturated heterocycles. The van der Waals surface area contributed by atoms with Crippen molar-refractivity contribution in [2.24, 2.45) is 5.92 Å². The summed E-state index contributed by atoms with van der Waals surface area (Å²) in [5, 5.41) is 8.71. The molecule has 8 nitrogen and oxygen atoms in total. The largest absolute Gasteiger partial charge is 0.349 e. The fourth-order valence-electron chi connectivity index (χ4n) is 5.21. The van der Waals surface area contributed by atoms with Crippen LogP contribution in [0.2, 0.25) is 0 Å². The van der Waals surface area contributed by atoms with Crippen LogP contribution in [0.3, 0.4) is 0 Å². The molecule has 1 aromatic rings. The van der Waals surface area contributed by atoms with E-state index in [0.717, 1.165) is 49.0 Å². The normalized spacial score (nSPS) is 25.8. The molecule has 178 valence electrons. The number of imide groups is 1. The lowest BCUT2D eigenvalue weighted by molar-refractivity contribution is -0.135. The Bertz CT molecular complexity index is 946. The second-order valence-electron chi connectivity index (χ2n) is 9.97. The van der Waals surface area contributed by atoms with Crippen LogP contribution in [0.15, 0.2) is 18.2 Å². The van der Waals surface area contributed by atoms with E-state index in [-0.39, 0.29) is 24.4 Å². The van der Waals surface area contributed by atoms with E-state index in [1.54, 1.807) is 18.2 Å². The summed E-state index contributed by atoms with van der Waals surface area (Å²) in [5.41, 5.74) is 1.00. The lowest BCUT2D eigenvalue weighted by Gasteiger charge is -2.33. The Morgan fingerprint density at radius 3 is 2.45 bits per heavy atom. The molecule has 3 fully saturated rings. The van der Waals surface area contributed by atoms with Crippen LogP contribution in [-0.4, -0.2) is 46.8 Å². The summed E-state index contributed by atoms with van der Waals surface area (Å²) < 4.78 is 0. The number of benzene rings is 1. The number of urea groups is 1. The van der Waals surface area contributed by atoms with Crippen molar-refractivity contribution in [2.75, 3.05) is 11.9 Å². The number of hydrogen-bond acceptors (Lipinski definition) is 4. The van der Waals surface area contributed by atoms with Gasteiger partial charge >= 0.3 is 6.03 Å². The topological polar surface area (TPSA) is 108 Å². The van der Waals surface area contributed by atoms with Crippen molar-refractivity contribution in [3.63, 3.8) is 0 Å². The molecule has 0 bridgehead atoms. The summed E-state index contributed by atoms with van der Waals surface area (Å²) in [5.74, 6) is -0.314. The summed E-state index contributed by atoms with van der Waals surface area (Å²) in [7, 11) is 0. The maximum Gasteiger partial charge on any atom is 0.325 e. The van der Waals surface area contributed by atoms with E-state index < -0.39 is 17.5 Å². The minimum Gasteiger partial charge on any atom is -0.349 e. The minimum absolute atomic E-state index is 0.102. The van der Waals surface area contributed by atoms with Crippen molar-refractivity contribution in [3.8, 4) is 0 Å². The van der Waals surface area contributed by atoms with Gasteiger partial charge in [0.25, 0.3) is 11.8 Å². The zero-order valence-electron chi connectivity index (χ0n) is 19.5. The first-order valence-corrected chi connectivity index (χ1v) is 12.1. The fourth-order valence-corrected chi connectivity index (χ4v) is 5.21. The monoisotopic (exact) mass is 454 g/mol. The molecule has 0 radical (unpaired) electrons. The van der Waals surface area contributed by atoms with E-state index in [1.807, 2.05) is 6.92 Å². The van der Waals surface area contributed by atoms with Crippen LogP contribution < -0.4 is 16.0 Å². The number of anilines is 1. The van der Waals surface area contributed by atoms with Crippen molar-refractivity contribution >= 4 is 29.4 Å². The van der Waals surface area contributed by atoms with Crippen molar-refractivity contribution in [1.82, 2.24) is 15.5 Å². The Balaban J connectivity index is 1.35. The van der Waals surface area contributed by atoms with Crippen molar-refractivity contribution in [3.05, 3.63) is 29.3 Å². The van der Waals surface area contributed by atoms with Gasteiger partial charge in [-0.3, -0.25) is 19.3 Å². The van der Waals surface area contributed by atoms with Gasteiger partial charge in [-0.05, 0) is 75.1 Å². The molecule has 0 aromatic heterocycles. The van der Waals surface area contributed by atoms with E-state index in [1.165, 1.54) is 6.42 Å². The number of nitrogens with one attached hydrogen (secondary N) is 3. The highest BCUT2D eigenvalue weighted by Crippen LogP contribution is 2.36. The number of amides is 5. The van der Waals surface area contributed by atoms with Gasteiger partial charge in [0.1, 0.15) is 12.1 Å². The third kappa shape index (κ3) is 5.04. The molecule has 1 aromatic carbocycles. The second-order valence-corrected chi connectivity index (χ2v) is 9.97. The molecule has 1 aliphatic heterocycles. The summed E-state index contributed by atoms with van der Waals surface area (Å²) in [6.07, 6.45) is 8.53. The highest BCUT2D eigenvalue weighted by atomic mass is 16.2. The van der Waals surface area contributed by atoms with Gasteiger partial charge in [-0.25, -0.2) is 4.79 Å². The summed E-state index contributed by atoms with van der Waals surface area (Å²) in [6.45, 7) is 3.64. The molecule has 5 amide bonds. The maximum atomic E-state index is 13.0. The predicted molar refractivity (Wildman–Crippen MR) is 125 cm³/mol. The summed E-state index contributed by atoms with van der Waals surface area (Å²) in [4.78, 5) is 51.7. The van der Waals surface area contributed by atoms with Gasteiger partial charge in [0.05, 0.1) is 0 Å². The molecule has 1 spiro atoms. The first-order valence-electron chi connectivity index (χ1n) is 12.1. The van der Waals surface area contributed by atoms with E-state index in [2.05, 4.69) is 22.9 Å². The van der Waals surface area contributed by atoms with Crippen LogP contribution in [0.4, 0.5) is 10.5 Å². The van der Waals surface area contributed by atoms with Gasteiger partial charge in [0, 0.05) is 17.3 Å². The Kier molecular flexibility index (Phi) is 6.72. The molecule has 2 aliphatic carbocycles. The molecule has 2 saturated carbocycles. The number of aryl methyl sites for hydroxylation is 1. The quantitative estimate of drug-likeness (QED) is 0.592. The van der Waals surface area contributed by atoms with Crippen LogP contribution in [0.5, 0.6) is 0 Å². The first kappa shape index (κ1) is 23.3. The van der Waals surface area contributed by atoms with E-state index in [0.29, 0.717) is 30.0 Å². The fraction of sp³-hybridized carbons (Fsp3) is 0.600. The second kappa shape index (κ2) is 9.53. The van der Waals surface area contributed by atoms with E-state index in [4.69, 9.17) is 0 Å². The Morgan fingerprint density at radius 2 is 1.79 bits per heavy atom. The third-order valence-corrected chi connectivity index (χ3v) is 7.38. The third-order valence-electron chi connectivity index (χ3n) is 7.38. The van der Waals surface area contributed by atoms with Gasteiger partial charge in [-0.15, -0.1) is 0 Å². The van der Waals surface area contributed by atoms with Crippen molar-refractivity contribution < 1.29 is 19.2 Å². The first-order chi connectivity index (χ1) is 15.8. The van der Waals surface area contributed by atoms with Gasteiger partial charge in [-0.2, -0.15) is 0 Å². The number of carbonyl (C=O) groups is 4. The summed E-state index contributed by atoms with van der Waals surface area (Å²) in [6, 6.07) is 4.85. The zero-order chi connectivity index (χ0) is 23.6. The smallest absolute Gasteiger partial charge is 0.325 e. The molecule has 3 aliphatic rings. The Hall–Kier alpha value is -2.90. The number of nitrogens with zero attached hydrogens (tertiary/aromatic N) is 1. The summed E-state index contributed by atoms with van der Waals surface area (Å²) >= 11 is 0. The molecule has 3 N–H and O–H groups in total. The van der Waals surface area contributed by atoms with Crippen LogP contribution >= 0.6 is 0 Å².